The first kappa shape index (κ1) is 14.1. The van der Waals surface area contributed by atoms with Crippen LogP contribution in [0.1, 0.15) is 27.7 Å². The van der Waals surface area contributed by atoms with Crippen molar-refractivity contribution in [2.24, 2.45) is 16.7 Å². The summed E-state index contributed by atoms with van der Waals surface area (Å²) in [7, 11) is 0. The number of rotatable bonds is 4. The topological polar surface area (TPSA) is 30.0 Å². The fourth-order valence-electron chi connectivity index (χ4n) is 2.71. The molecule has 1 aliphatic carbocycles. The molecule has 0 spiro atoms. The maximum atomic E-state index is 12.2. The lowest BCUT2D eigenvalue weighted by Crippen LogP contribution is -2.09. The van der Waals surface area contributed by atoms with E-state index in [4.69, 9.17) is 0 Å². The van der Waals surface area contributed by atoms with Gasteiger partial charge in [-0.05, 0) is 32.8 Å². The van der Waals surface area contributed by atoms with Crippen LogP contribution in [0.4, 0.5) is 0 Å². The average Bonchev–Trinajstić information content (AvgIpc) is 2.66. The molecule has 1 aromatic heterocycles. The zero-order chi connectivity index (χ0) is 13.6. The number of nitrogens with zero attached hydrogens (tertiary/aromatic N) is 1. The predicted molar refractivity (Wildman–Crippen MR) is 78.7 cm³/mol. The summed E-state index contributed by atoms with van der Waals surface area (Å²) in [5, 5.41) is 0. The van der Waals surface area contributed by atoms with Gasteiger partial charge in [0.1, 0.15) is 5.78 Å². The second-order valence-corrected chi connectivity index (χ2v) is 7.93. The average molecular weight is 328 g/mol. The highest BCUT2D eigenvalue weighted by Crippen LogP contribution is 2.68. The van der Waals surface area contributed by atoms with E-state index in [0.717, 1.165) is 9.37 Å². The van der Waals surface area contributed by atoms with E-state index >= 15 is 0 Å². The highest BCUT2D eigenvalue weighted by atomic mass is 79.9. The molecule has 18 heavy (non-hydrogen) atoms. The Labute approximate surface area is 121 Å². The summed E-state index contributed by atoms with van der Waals surface area (Å²) in [6, 6.07) is 1.99. The number of hydrogen-bond acceptors (Lipinski definition) is 3. The largest absolute Gasteiger partial charge is 0.298 e. The van der Waals surface area contributed by atoms with E-state index in [1.54, 1.807) is 24.2 Å². The van der Waals surface area contributed by atoms with Gasteiger partial charge in [-0.15, -0.1) is 11.8 Å². The second-order valence-electron chi connectivity index (χ2n) is 5.97. The van der Waals surface area contributed by atoms with E-state index < -0.39 is 0 Å². The first-order valence-electron chi connectivity index (χ1n) is 6.03. The maximum absolute atomic E-state index is 12.2. The number of aromatic nitrogens is 1. The molecule has 2 rings (SSSR count). The Bertz CT molecular complexity index is 470. The molecule has 98 valence electrons. The van der Waals surface area contributed by atoms with Crippen molar-refractivity contribution in [3.8, 4) is 0 Å². The molecule has 0 saturated heterocycles. The molecule has 1 aliphatic rings. The number of hydrogen-bond donors (Lipinski definition) is 0. The quantitative estimate of drug-likeness (QED) is 0.777. The first-order valence-corrected chi connectivity index (χ1v) is 7.81. The van der Waals surface area contributed by atoms with Crippen LogP contribution in [0.5, 0.6) is 0 Å². The molecule has 0 N–H and O–H groups in total. The van der Waals surface area contributed by atoms with Gasteiger partial charge in [0.2, 0.25) is 0 Å². The van der Waals surface area contributed by atoms with Crippen molar-refractivity contribution in [1.82, 2.24) is 4.98 Å². The Morgan fingerprint density at radius 3 is 2.44 bits per heavy atom. The first-order chi connectivity index (χ1) is 8.26. The van der Waals surface area contributed by atoms with Gasteiger partial charge in [-0.1, -0.05) is 27.7 Å². The molecular weight excluding hydrogens is 310 g/mol. The van der Waals surface area contributed by atoms with Gasteiger partial charge in [-0.25, -0.2) is 0 Å². The zero-order valence-corrected chi connectivity index (χ0v) is 13.6. The van der Waals surface area contributed by atoms with Crippen LogP contribution in [-0.2, 0) is 4.79 Å². The Balaban J connectivity index is 1.95. The summed E-state index contributed by atoms with van der Waals surface area (Å²) in [6.07, 6.45) is 3.55. The van der Waals surface area contributed by atoms with Gasteiger partial charge < -0.3 is 0 Å². The lowest BCUT2D eigenvalue weighted by Gasteiger charge is -2.03. The van der Waals surface area contributed by atoms with Crippen LogP contribution in [0.3, 0.4) is 0 Å². The summed E-state index contributed by atoms with van der Waals surface area (Å²) in [5.74, 6) is 1.09. The van der Waals surface area contributed by atoms with Crippen LogP contribution >= 0.6 is 27.7 Å². The van der Waals surface area contributed by atoms with Gasteiger partial charge in [0.15, 0.2) is 0 Å². The normalized spacial score (nSPS) is 20.7. The van der Waals surface area contributed by atoms with Crippen molar-refractivity contribution in [3.05, 3.63) is 22.9 Å². The Morgan fingerprint density at radius 1 is 1.33 bits per heavy atom. The van der Waals surface area contributed by atoms with Gasteiger partial charge in [-0.2, -0.15) is 0 Å². The number of carbonyl (C=O) groups excluding carboxylic acids is 1. The van der Waals surface area contributed by atoms with Gasteiger partial charge in [0.25, 0.3) is 0 Å². The smallest absolute Gasteiger partial charge is 0.147 e. The minimum atomic E-state index is 0.139. The Kier molecular flexibility index (Phi) is 3.63. The summed E-state index contributed by atoms with van der Waals surface area (Å²) in [5.41, 5.74) is 0.278. The molecule has 0 aromatic carbocycles. The fraction of sp³-hybridized carbons (Fsp3) is 0.571. The molecule has 1 fully saturated rings. The van der Waals surface area contributed by atoms with Crippen molar-refractivity contribution in [1.29, 1.82) is 0 Å². The van der Waals surface area contributed by atoms with E-state index in [0.29, 0.717) is 11.5 Å². The number of thioether (sulfide) groups is 1. The zero-order valence-electron chi connectivity index (χ0n) is 11.2. The standard InChI is InChI=1S/C14H18BrNOS/c1-13(2)12(14(13,3)4)11(17)8-18-10-5-9(15)6-16-7-10/h5-7,12H,8H2,1-4H3. The molecule has 1 saturated carbocycles. The van der Waals surface area contributed by atoms with Crippen molar-refractivity contribution in [2.45, 2.75) is 32.6 Å². The third kappa shape index (κ3) is 2.37. The molecule has 2 nitrogen and oxygen atoms in total. The van der Waals surface area contributed by atoms with E-state index in [2.05, 4.69) is 48.6 Å². The second kappa shape index (κ2) is 4.64. The molecule has 1 aromatic rings. The van der Waals surface area contributed by atoms with E-state index in [1.807, 2.05) is 6.07 Å². The molecule has 0 atom stereocenters. The van der Waals surface area contributed by atoms with Crippen LogP contribution in [0.25, 0.3) is 0 Å². The molecular formula is C14H18BrNOS. The van der Waals surface area contributed by atoms with Crippen molar-refractivity contribution >= 4 is 33.5 Å². The number of ketones is 1. The maximum Gasteiger partial charge on any atom is 0.147 e. The van der Waals surface area contributed by atoms with E-state index in [-0.39, 0.29) is 16.7 Å². The van der Waals surface area contributed by atoms with Crippen LogP contribution in [0, 0.1) is 16.7 Å². The molecule has 1 heterocycles. The summed E-state index contributed by atoms with van der Waals surface area (Å²) in [4.78, 5) is 17.4. The molecule has 0 bridgehead atoms. The minimum absolute atomic E-state index is 0.139. The lowest BCUT2D eigenvalue weighted by molar-refractivity contribution is -0.118. The van der Waals surface area contributed by atoms with Crippen LogP contribution in [0.2, 0.25) is 0 Å². The van der Waals surface area contributed by atoms with Gasteiger partial charge in [-0.3, -0.25) is 9.78 Å². The van der Waals surface area contributed by atoms with Gasteiger partial charge >= 0.3 is 0 Å². The highest BCUT2D eigenvalue weighted by molar-refractivity contribution is 9.10. The van der Waals surface area contributed by atoms with Gasteiger partial charge in [0.05, 0.1) is 5.75 Å². The highest BCUT2D eigenvalue weighted by Gasteiger charge is 2.67. The Morgan fingerprint density at radius 2 is 1.94 bits per heavy atom. The number of pyridine rings is 1. The lowest BCUT2D eigenvalue weighted by atomic mass is 10.0. The third-order valence-corrected chi connectivity index (χ3v) is 5.82. The third-order valence-electron chi connectivity index (χ3n) is 4.40. The monoisotopic (exact) mass is 327 g/mol. The van der Waals surface area contributed by atoms with Crippen molar-refractivity contribution in [3.63, 3.8) is 0 Å². The van der Waals surface area contributed by atoms with Crippen molar-refractivity contribution in [2.75, 3.05) is 5.75 Å². The summed E-state index contributed by atoms with van der Waals surface area (Å²) < 4.78 is 0.951. The molecule has 0 unspecified atom stereocenters. The van der Waals surface area contributed by atoms with E-state index in [9.17, 15) is 4.79 Å². The Hall–Kier alpha value is -0.350. The molecule has 4 heteroatoms. The number of halogens is 1. The summed E-state index contributed by atoms with van der Waals surface area (Å²) in [6.45, 7) is 8.73. The molecule has 0 aliphatic heterocycles. The molecule has 0 radical (unpaired) electrons. The number of Topliss-reactive ketones (excluding diaryl/α,β-unsaturated/α-hetero) is 1. The van der Waals surface area contributed by atoms with E-state index in [1.165, 1.54) is 0 Å². The van der Waals surface area contributed by atoms with Crippen LogP contribution in [0.15, 0.2) is 27.8 Å². The van der Waals surface area contributed by atoms with Crippen LogP contribution < -0.4 is 0 Å². The van der Waals surface area contributed by atoms with Crippen LogP contribution in [-0.4, -0.2) is 16.5 Å². The predicted octanol–water partition coefficient (Wildman–Crippen LogP) is 4.19. The minimum Gasteiger partial charge on any atom is -0.298 e. The van der Waals surface area contributed by atoms with Crippen molar-refractivity contribution < 1.29 is 4.79 Å². The summed E-state index contributed by atoms with van der Waals surface area (Å²) >= 11 is 4.96. The molecule has 0 amide bonds. The fourth-order valence-corrected chi connectivity index (χ4v) is 4.05. The van der Waals surface area contributed by atoms with Gasteiger partial charge in [0, 0.05) is 27.7 Å². The SMILES string of the molecule is CC1(C)C(C(=O)CSc2cncc(Br)c2)C1(C)C. The number of carbonyl (C=O) groups is 1.